The molecule has 0 saturated heterocycles. The fraction of sp³-hybridized carbons (Fsp3) is 0.0208. The maximum atomic E-state index is 5.16. The first-order chi connectivity index (χ1) is 25.3. The van der Waals surface area contributed by atoms with Crippen LogP contribution in [0.5, 0.6) is 0 Å². The molecule has 10 rings (SSSR count). The van der Waals surface area contributed by atoms with Gasteiger partial charge in [-0.1, -0.05) is 182 Å². The van der Waals surface area contributed by atoms with Crippen molar-refractivity contribution in [3.8, 4) is 45.3 Å². The van der Waals surface area contributed by atoms with Crippen LogP contribution >= 0.6 is 0 Å². The van der Waals surface area contributed by atoms with Crippen LogP contribution in [0.15, 0.2) is 188 Å². The van der Waals surface area contributed by atoms with Gasteiger partial charge in [0.15, 0.2) is 17.5 Å². The standard InChI is InChI=1S/C48H31N3/c1-4-16-33(17-5-1)45-49-46(51-47(50-45)42-25-14-18-32-15-10-11-23-38(32)42)35-28-29-39-34(31-35)27-30-41-40-24-12-13-26-43(40)48(44(39)41,36-19-6-2-7-20-36)37-21-8-3-9-22-37/h1-31H. The second-order valence-corrected chi connectivity index (χ2v) is 13.2. The van der Waals surface area contributed by atoms with E-state index in [0.29, 0.717) is 17.5 Å². The Morgan fingerprint density at radius 1 is 0.333 bits per heavy atom. The Labute approximate surface area is 296 Å². The Bertz CT molecular complexity index is 2690. The summed E-state index contributed by atoms with van der Waals surface area (Å²) in [6.45, 7) is 0. The lowest BCUT2D eigenvalue weighted by molar-refractivity contribution is 0.775. The Morgan fingerprint density at radius 3 is 1.69 bits per heavy atom. The van der Waals surface area contributed by atoms with Gasteiger partial charge in [-0.3, -0.25) is 0 Å². The van der Waals surface area contributed by atoms with Crippen molar-refractivity contribution in [2.75, 3.05) is 0 Å². The van der Waals surface area contributed by atoms with Crippen molar-refractivity contribution in [3.63, 3.8) is 0 Å². The van der Waals surface area contributed by atoms with E-state index < -0.39 is 5.41 Å². The van der Waals surface area contributed by atoms with Crippen LogP contribution in [0.2, 0.25) is 0 Å². The van der Waals surface area contributed by atoms with E-state index in [1.165, 1.54) is 38.8 Å². The van der Waals surface area contributed by atoms with Gasteiger partial charge in [-0.05, 0) is 61.0 Å². The lowest BCUT2D eigenvalue weighted by Crippen LogP contribution is -2.28. The molecular weight excluding hydrogens is 619 g/mol. The Balaban J connectivity index is 1.22. The smallest absolute Gasteiger partial charge is 0.164 e. The SMILES string of the molecule is c1ccc(-c2nc(-c3ccc4c5c(ccc4c3)-c3ccccc3C5(c3ccccc3)c3ccccc3)nc(-c3cccc4ccccc34)n2)cc1. The summed E-state index contributed by atoms with van der Waals surface area (Å²) in [5.41, 5.74) is 10.1. The predicted molar refractivity (Wildman–Crippen MR) is 208 cm³/mol. The van der Waals surface area contributed by atoms with E-state index >= 15 is 0 Å². The summed E-state index contributed by atoms with van der Waals surface area (Å²) >= 11 is 0. The van der Waals surface area contributed by atoms with Crippen molar-refractivity contribution < 1.29 is 0 Å². The van der Waals surface area contributed by atoms with Crippen LogP contribution in [-0.4, -0.2) is 15.0 Å². The third-order valence-electron chi connectivity index (χ3n) is 10.4. The van der Waals surface area contributed by atoms with E-state index in [9.17, 15) is 0 Å². The van der Waals surface area contributed by atoms with E-state index in [-0.39, 0.29) is 0 Å². The van der Waals surface area contributed by atoms with Gasteiger partial charge < -0.3 is 0 Å². The van der Waals surface area contributed by atoms with Gasteiger partial charge in [0, 0.05) is 16.7 Å². The highest BCUT2D eigenvalue weighted by Crippen LogP contribution is 2.58. The molecule has 0 amide bonds. The van der Waals surface area contributed by atoms with Crippen LogP contribution in [0, 0.1) is 0 Å². The molecule has 0 saturated carbocycles. The van der Waals surface area contributed by atoms with Gasteiger partial charge in [-0.25, -0.2) is 15.0 Å². The van der Waals surface area contributed by atoms with E-state index in [2.05, 4.69) is 170 Å². The van der Waals surface area contributed by atoms with Crippen molar-refractivity contribution >= 4 is 21.5 Å². The lowest BCUT2D eigenvalue weighted by atomic mass is 9.66. The monoisotopic (exact) mass is 649 g/mol. The summed E-state index contributed by atoms with van der Waals surface area (Å²) in [6.07, 6.45) is 0. The fourth-order valence-electron chi connectivity index (χ4n) is 8.18. The minimum Gasteiger partial charge on any atom is -0.208 e. The van der Waals surface area contributed by atoms with E-state index in [0.717, 1.165) is 32.8 Å². The number of benzene rings is 8. The number of hydrogen-bond donors (Lipinski definition) is 0. The molecular formula is C48H31N3. The molecule has 1 heterocycles. The number of rotatable bonds is 5. The molecule has 3 nitrogen and oxygen atoms in total. The number of hydrogen-bond acceptors (Lipinski definition) is 3. The molecule has 1 aliphatic carbocycles. The molecule has 0 bridgehead atoms. The highest BCUT2D eigenvalue weighted by Gasteiger charge is 2.46. The van der Waals surface area contributed by atoms with Crippen LogP contribution in [0.25, 0.3) is 66.8 Å². The molecule has 238 valence electrons. The van der Waals surface area contributed by atoms with Gasteiger partial charge in [-0.2, -0.15) is 0 Å². The van der Waals surface area contributed by atoms with Crippen molar-refractivity contribution in [2.45, 2.75) is 5.41 Å². The summed E-state index contributed by atoms with van der Waals surface area (Å²) in [5, 5.41) is 4.62. The van der Waals surface area contributed by atoms with Crippen LogP contribution in [0.3, 0.4) is 0 Å². The number of nitrogens with zero attached hydrogens (tertiary/aromatic N) is 3. The Kier molecular flexibility index (Phi) is 6.71. The van der Waals surface area contributed by atoms with Gasteiger partial charge in [0.2, 0.25) is 0 Å². The molecule has 0 atom stereocenters. The summed E-state index contributed by atoms with van der Waals surface area (Å²) in [4.78, 5) is 15.3. The van der Waals surface area contributed by atoms with Gasteiger partial charge in [0.1, 0.15) is 0 Å². The van der Waals surface area contributed by atoms with Crippen LogP contribution in [0.1, 0.15) is 22.3 Å². The normalized spacial score (nSPS) is 12.9. The Hall–Kier alpha value is -6.71. The molecule has 3 heteroatoms. The molecule has 0 aliphatic heterocycles. The molecule has 8 aromatic carbocycles. The van der Waals surface area contributed by atoms with E-state index in [4.69, 9.17) is 15.0 Å². The maximum absolute atomic E-state index is 5.16. The molecule has 0 spiro atoms. The van der Waals surface area contributed by atoms with Crippen molar-refractivity contribution in [2.24, 2.45) is 0 Å². The van der Waals surface area contributed by atoms with E-state index in [1.54, 1.807) is 0 Å². The molecule has 1 aliphatic rings. The van der Waals surface area contributed by atoms with Gasteiger partial charge >= 0.3 is 0 Å². The highest BCUT2D eigenvalue weighted by molar-refractivity contribution is 6.01. The molecule has 51 heavy (non-hydrogen) atoms. The van der Waals surface area contributed by atoms with Crippen LogP contribution < -0.4 is 0 Å². The predicted octanol–water partition coefficient (Wildman–Crippen LogP) is 11.5. The molecule has 0 N–H and O–H groups in total. The zero-order valence-corrected chi connectivity index (χ0v) is 27.7. The van der Waals surface area contributed by atoms with Crippen LogP contribution in [-0.2, 0) is 5.41 Å². The Morgan fingerprint density at radius 2 is 0.922 bits per heavy atom. The maximum Gasteiger partial charge on any atom is 0.164 e. The first-order valence-corrected chi connectivity index (χ1v) is 17.4. The minimum atomic E-state index is -0.481. The third kappa shape index (κ3) is 4.56. The first kappa shape index (κ1) is 29.2. The van der Waals surface area contributed by atoms with Crippen LogP contribution in [0.4, 0.5) is 0 Å². The minimum absolute atomic E-state index is 0.481. The molecule has 9 aromatic rings. The highest BCUT2D eigenvalue weighted by atomic mass is 15.0. The van der Waals surface area contributed by atoms with E-state index in [1.807, 2.05) is 18.2 Å². The topological polar surface area (TPSA) is 38.7 Å². The molecule has 0 unspecified atom stereocenters. The molecule has 0 radical (unpaired) electrons. The van der Waals surface area contributed by atoms with Crippen molar-refractivity contribution in [3.05, 3.63) is 210 Å². The zero-order chi connectivity index (χ0) is 33.8. The third-order valence-corrected chi connectivity index (χ3v) is 10.4. The largest absolute Gasteiger partial charge is 0.208 e. The summed E-state index contributed by atoms with van der Waals surface area (Å²) < 4.78 is 0. The molecule has 0 fully saturated rings. The zero-order valence-electron chi connectivity index (χ0n) is 27.7. The number of aromatic nitrogens is 3. The van der Waals surface area contributed by atoms with Crippen molar-refractivity contribution in [1.29, 1.82) is 0 Å². The second kappa shape index (κ2) is 11.7. The summed E-state index contributed by atoms with van der Waals surface area (Å²) in [5.74, 6) is 1.96. The lowest BCUT2D eigenvalue weighted by Gasteiger charge is -2.34. The van der Waals surface area contributed by atoms with Gasteiger partial charge in [0.05, 0.1) is 5.41 Å². The number of fused-ring (bicyclic) bond motifs is 6. The molecule has 1 aromatic heterocycles. The fourth-order valence-corrected chi connectivity index (χ4v) is 8.18. The van der Waals surface area contributed by atoms with Crippen molar-refractivity contribution in [1.82, 2.24) is 15.0 Å². The second-order valence-electron chi connectivity index (χ2n) is 13.2. The van der Waals surface area contributed by atoms with Gasteiger partial charge in [-0.15, -0.1) is 0 Å². The quantitative estimate of drug-likeness (QED) is 0.186. The summed E-state index contributed by atoms with van der Waals surface area (Å²) in [6, 6.07) is 67.0. The average molecular weight is 650 g/mol. The first-order valence-electron chi connectivity index (χ1n) is 17.4. The summed E-state index contributed by atoms with van der Waals surface area (Å²) in [7, 11) is 0. The average Bonchev–Trinajstić information content (AvgIpc) is 3.53. The van der Waals surface area contributed by atoms with Gasteiger partial charge in [0.25, 0.3) is 0 Å².